The zero-order chi connectivity index (χ0) is 14.8. The van der Waals surface area contributed by atoms with Crippen LogP contribution in [0.3, 0.4) is 0 Å². The predicted octanol–water partition coefficient (Wildman–Crippen LogP) is 4.26. The first-order chi connectivity index (χ1) is 9.36. The molecule has 0 saturated carbocycles. The van der Waals surface area contributed by atoms with Crippen molar-refractivity contribution in [3.05, 3.63) is 58.1 Å². The summed E-state index contributed by atoms with van der Waals surface area (Å²) in [4.78, 5) is 0.0361. The number of benzene rings is 2. The summed E-state index contributed by atoms with van der Waals surface area (Å²) in [7, 11) is 1.56. The maximum Gasteiger partial charge on any atom is 0.261 e. The Labute approximate surface area is 131 Å². The lowest BCUT2D eigenvalue weighted by atomic mass is 10.1. The van der Waals surface area contributed by atoms with E-state index in [0.717, 1.165) is 11.1 Å². The van der Waals surface area contributed by atoms with Crippen molar-refractivity contribution in [1.82, 2.24) is 0 Å². The normalized spacial score (nSPS) is 11.3. The summed E-state index contributed by atoms with van der Waals surface area (Å²) >= 11 is 3.28. The lowest BCUT2D eigenvalue weighted by Crippen LogP contribution is -1.97. The second kappa shape index (κ2) is 6.16. The van der Waals surface area contributed by atoms with Gasteiger partial charge >= 0.3 is 0 Å². The molecule has 106 valence electrons. The van der Waals surface area contributed by atoms with Crippen molar-refractivity contribution >= 4 is 35.7 Å². The maximum atomic E-state index is 11.2. The molecule has 20 heavy (non-hydrogen) atoms. The lowest BCUT2D eigenvalue weighted by Gasteiger charge is -2.09. The third-order valence-electron chi connectivity index (χ3n) is 2.66. The monoisotopic (exact) mass is 374 g/mol. The first-order valence-electron chi connectivity index (χ1n) is 5.79. The van der Waals surface area contributed by atoms with Crippen LogP contribution in [-0.4, -0.2) is 8.42 Å². The number of ether oxygens (including phenoxy) is 1. The zero-order valence-electron chi connectivity index (χ0n) is 10.6. The van der Waals surface area contributed by atoms with Crippen LogP contribution in [0.5, 0.6) is 5.75 Å². The molecule has 0 aliphatic carbocycles. The molecule has 2 aromatic rings. The van der Waals surface area contributed by atoms with Gasteiger partial charge in [-0.05, 0) is 46.6 Å². The van der Waals surface area contributed by atoms with Crippen LogP contribution in [0, 0.1) is 6.92 Å². The fourth-order valence-electron chi connectivity index (χ4n) is 1.71. The van der Waals surface area contributed by atoms with Gasteiger partial charge in [0.15, 0.2) is 0 Å². The highest BCUT2D eigenvalue weighted by molar-refractivity contribution is 9.10. The number of rotatable bonds is 4. The molecule has 6 heteroatoms. The highest BCUT2D eigenvalue weighted by atomic mass is 79.9. The van der Waals surface area contributed by atoms with Gasteiger partial charge in [0.1, 0.15) is 12.4 Å². The molecule has 0 amide bonds. The number of hydrogen-bond acceptors (Lipinski definition) is 3. The highest BCUT2D eigenvalue weighted by Gasteiger charge is 2.12. The molecule has 0 aliphatic heterocycles. The van der Waals surface area contributed by atoms with Crippen molar-refractivity contribution in [3.8, 4) is 5.75 Å². The van der Waals surface area contributed by atoms with Crippen LogP contribution in [0.1, 0.15) is 11.1 Å². The van der Waals surface area contributed by atoms with E-state index in [1.165, 1.54) is 12.1 Å². The van der Waals surface area contributed by atoms with Gasteiger partial charge in [-0.15, -0.1) is 0 Å². The smallest absolute Gasteiger partial charge is 0.261 e. The molecule has 0 N–H and O–H groups in total. The van der Waals surface area contributed by atoms with Crippen LogP contribution >= 0.6 is 26.6 Å². The van der Waals surface area contributed by atoms with Gasteiger partial charge in [-0.1, -0.05) is 29.8 Å². The average molecular weight is 376 g/mol. The molecular formula is C14H12BrClO3S. The van der Waals surface area contributed by atoms with Gasteiger partial charge in [0.2, 0.25) is 0 Å². The largest absolute Gasteiger partial charge is 0.488 e. The van der Waals surface area contributed by atoms with Crippen molar-refractivity contribution in [1.29, 1.82) is 0 Å². The molecule has 0 bridgehead atoms. The number of aryl methyl sites for hydroxylation is 1. The second-order valence-electron chi connectivity index (χ2n) is 4.31. The van der Waals surface area contributed by atoms with Crippen molar-refractivity contribution in [3.63, 3.8) is 0 Å². The van der Waals surface area contributed by atoms with Crippen molar-refractivity contribution in [2.45, 2.75) is 18.4 Å². The summed E-state index contributed by atoms with van der Waals surface area (Å²) in [5.74, 6) is 0.565. The minimum Gasteiger partial charge on any atom is -0.488 e. The van der Waals surface area contributed by atoms with Gasteiger partial charge in [0.25, 0.3) is 9.05 Å². The van der Waals surface area contributed by atoms with E-state index in [4.69, 9.17) is 15.4 Å². The number of hydrogen-bond donors (Lipinski definition) is 0. The molecule has 0 aliphatic rings. The Morgan fingerprint density at radius 2 is 1.95 bits per heavy atom. The lowest BCUT2D eigenvalue weighted by molar-refractivity contribution is 0.304. The van der Waals surface area contributed by atoms with Gasteiger partial charge in [-0.3, -0.25) is 0 Å². The van der Waals surface area contributed by atoms with Crippen LogP contribution in [-0.2, 0) is 15.7 Å². The van der Waals surface area contributed by atoms with E-state index < -0.39 is 9.05 Å². The van der Waals surface area contributed by atoms with Crippen molar-refractivity contribution in [2.75, 3.05) is 0 Å². The van der Waals surface area contributed by atoms with E-state index in [2.05, 4.69) is 15.9 Å². The summed E-state index contributed by atoms with van der Waals surface area (Å²) in [5, 5.41) is 0. The molecule has 0 saturated heterocycles. The standard InChI is InChI=1S/C14H12BrClO3S/c1-10-3-2-4-11(7-10)9-19-14-6-5-12(8-13(14)15)20(16,17)18/h2-8H,9H2,1H3. The molecule has 0 aromatic heterocycles. The van der Waals surface area contributed by atoms with Crippen LogP contribution in [0.4, 0.5) is 0 Å². The summed E-state index contributed by atoms with van der Waals surface area (Å²) < 4.78 is 28.6. The van der Waals surface area contributed by atoms with E-state index >= 15 is 0 Å². The molecule has 0 atom stereocenters. The zero-order valence-corrected chi connectivity index (χ0v) is 13.8. The topological polar surface area (TPSA) is 43.4 Å². The molecule has 0 fully saturated rings. The first kappa shape index (κ1) is 15.4. The first-order valence-corrected chi connectivity index (χ1v) is 8.89. The molecular weight excluding hydrogens is 364 g/mol. The molecule has 0 heterocycles. The van der Waals surface area contributed by atoms with E-state index in [-0.39, 0.29) is 4.90 Å². The van der Waals surface area contributed by atoms with Crippen LogP contribution in [0.2, 0.25) is 0 Å². The summed E-state index contributed by atoms with van der Waals surface area (Å²) in [5.41, 5.74) is 2.21. The maximum absolute atomic E-state index is 11.2. The minimum absolute atomic E-state index is 0.0361. The van der Waals surface area contributed by atoms with Crippen LogP contribution < -0.4 is 4.74 Å². The third-order valence-corrected chi connectivity index (χ3v) is 4.63. The molecule has 0 radical (unpaired) electrons. The quantitative estimate of drug-likeness (QED) is 0.750. The van der Waals surface area contributed by atoms with Gasteiger partial charge in [0, 0.05) is 10.7 Å². The summed E-state index contributed by atoms with van der Waals surface area (Å²) in [6, 6.07) is 12.4. The van der Waals surface area contributed by atoms with Gasteiger partial charge < -0.3 is 4.74 Å². The molecule has 2 aromatic carbocycles. The van der Waals surface area contributed by atoms with E-state index in [1.807, 2.05) is 31.2 Å². The second-order valence-corrected chi connectivity index (χ2v) is 7.73. The average Bonchev–Trinajstić information content (AvgIpc) is 2.36. The Hall–Kier alpha value is -1.04. The van der Waals surface area contributed by atoms with E-state index in [0.29, 0.717) is 16.8 Å². The van der Waals surface area contributed by atoms with Crippen LogP contribution in [0.15, 0.2) is 51.8 Å². The van der Waals surface area contributed by atoms with E-state index in [1.54, 1.807) is 6.07 Å². The molecule has 0 unspecified atom stereocenters. The van der Waals surface area contributed by atoms with Crippen LogP contribution in [0.25, 0.3) is 0 Å². The Morgan fingerprint density at radius 1 is 1.20 bits per heavy atom. The Kier molecular flexibility index (Phi) is 4.73. The van der Waals surface area contributed by atoms with Crippen molar-refractivity contribution < 1.29 is 13.2 Å². The fraction of sp³-hybridized carbons (Fsp3) is 0.143. The minimum atomic E-state index is -3.73. The summed E-state index contributed by atoms with van der Waals surface area (Å²) in [6.45, 7) is 2.42. The third kappa shape index (κ3) is 3.98. The van der Waals surface area contributed by atoms with Gasteiger partial charge in [0.05, 0.1) is 9.37 Å². The molecule has 0 spiro atoms. The summed E-state index contributed by atoms with van der Waals surface area (Å²) in [6.07, 6.45) is 0. The Bertz CT molecular complexity index is 729. The molecule has 2 rings (SSSR count). The highest BCUT2D eigenvalue weighted by Crippen LogP contribution is 2.29. The Balaban J connectivity index is 2.15. The predicted molar refractivity (Wildman–Crippen MR) is 82.7 cm³/mol. The van der Waals surface area contributed by atoms with Gasteiger partial charge in [-0.25, -0.2) is 8.42 Å². The Morgan fingerprint density at radius 3 is 2.55 bits per heavy atom. The fourth-order valence-corrected chi connectivity index (χ4v) is 3.14. The van der Waals surface area contributed by atoms with Gasteiger partial charge in [-0.2, -0.15) is 0 Å². The molecule has 3 nitrogen and oxygen atoms in total. The van der Waals surface area contributed by atoms with E-state index in [9.17, 15) is 8.42 Å². The van der Waals surface area contributed by atoms with Crippen molar-refractivity contribution in [2.24, 2.45) is 0 Å². The number of halogens is 2. The SMILES string of the molecule is Cc1cccc(COc2ccc(S(=O)(=O)Cl)cc2Br)c1.